The van der Waals surface area contributed by atoms with Crippen LogP contribution in [0.5, 0.6) is 0 Å². The zero-order valence-corrected chi connectivity index (χ0v) is 15.8. The third kappa shape index (κ3) is 4.93. The van der Waals surface area contributed by atoms with Crippen LogP contribution < -0.4 is 17.2 Å². The fourth-order valence-electron chi connectivity index (χ4n) is 2.05. The van der Waals surface area contributed by atoms with Gasteiger partial charge in [-0.25, -0.2) is 0 Å². The van der Waals surface area contributed by atoms with Crippen LogP contribution in [-0.4, -0.2) is 26.1 Å². The number of hydroxylamine groups is 2. The molecule has 1 N–H and O–H groups in total. The van der Waals surface area contributed by atoms with E-state index >= 15 is 0 Å². The molecule has 1 unspecified atom stereocenters. The van der Waals surface area contributed by atoms with Crippen molar-refractivity contribution < 1.29 is 27.2 Å². The zero-order valence-electron chi connectivity index (χ0n) is 15.0. The van der Waals surface area contributed by atoms with Gasteiger partial charge in [-0.1, -0.05) is 47.6 Å². The molecule has 1 rings (SSSR count). The second-order valence-electron chi connectivity index (χ2n) is 7.56. The van der Waals surface area contributed by atoms with Crippen molar-refractivity contribution in [3.8, 4) is 0 Å². The van der Waals surface area contributed by atoms with E-state index < -0.39 is 6.79 Å². The first kappa shape index (κ1) is 21.4. The lowest BCUT2D eigenvalue weighted by atomic mass is 9.80. The lowest BCUT2D eigenvalue weighted by Gasteiger charge is -2.30. The van der Waals surface area contributed by atoms with Crippen LogP contribution in [0.3, 0.4) is 0 Å². The van der Waals surface area contributed by atoms with Gasteiger partial charge in [0.05, 0.1) is 0 Å². The van der Waals surface area contributed by atoms with E-state index in [0.29, 0.717) is 0 Å². The third-order valence-corrected chi connectivity index (χ3v) is 3.77. The molecule has 0 aromatic heterocycles. The van der Waals surface area contributed by atoms with Gasteiger partial charge in [-0.2, -0.15) is 4.84 Å². The molecule has 0 aliphatic heterocycles. The predicted molar refractivity (Wildman–Crippen MR) is 86.7 cm³/mol. The van der Waals surface area contributed by atoms with Gasteiger partial charge in [-0.15, -0.1) is 4.84 Å². The molecule has 22 heavy (non-hydrogen) atoms. The smallest absolute Gasteiger partial charge is 0.207 e. The molecule has 4 nitrogen and oxygen atoms in total. The highest BCUT2D eigenvalue weighted by Gasteiger charge is 2.32. The molecule has 0 amide bonds. The lowest BCUT2D eigenvalue weighted by molar-refractivity contribution is -0.347. The van der Waals surface area contributed by atoms with E-state index in [1.165, 1.54) is 11.1 Å². The fourth-order valence-corrected chi connectivity index (χ4v) is 2.05. The quantitative estimate of drug-likeness (QED) is 0.500. The Kier molecular flexibility index (Phi) is 7.07. The molecule has 0 spiro atoms. The van der Waals surface area contributed by atoms with Gasteiger partial charge in [0.25, 0.3) is 0 Å². The number of nitrogens with zero attached hydrogens (tertiary/aromatic N) is 1. The fraction of sp³-hybridized carbons (Fsp3) is 0.647. The molecule has 128 valence electrons. The topological polar surface area (TPSA) is 38.7 Å². The van der Waals surface area contributed by atoms with Crippen molar-refractivity contribution >= 4 is 5.69 Å². The minimum Gasteiger partial charge on any atom is -1.00 e. The molecule has 0 aliphatic rings. The molecule has 0 saturated heterocycles. The molecular weight excluding hydrogens is 302 g/mol. The Labute approximate surface area is 140 Å². The maximum atomic E-state index is 9.13. The minimum absolute atomic E-state index is 0. The van der Waals surface area contributed by atoms with Crippen LogP contribution >= 0.6 is 0 Å². The SMILES string of the molecule is CO[N+](C)(OCO)c1cc(C(C)(C)C)cc(C(C)(C)C)c1.[Cl-]. The van der Waals surface area contributed by atoms with Crippen LogP contribution in [0.2, 0.25) is 0 Å². The summed E-state index contributed by atoms with van der Waals surface area (Å²) in [6, 6.07) is 6.39. The summed E-state index contributed by atoms with van der Waals surface area (Å²) >= 11 is 0. The molecule has 0 bridgehead atoms. The van der Waals surface area contributed by atoms with E-state index in [-0.39, 0.29) is 28.0 Å². The largest absolute Gasteiger partial charge is 1.00 e. The van der Waals surface area contributed by atoms with Crippen molar-refractivity contribution in [2.45, 2.75) is 52.4 Å². The zero-order chi connectivity index (χ0) is 16.5. The van der Waals surface area contributed by atoms with E-state index in [1.807, 2.05) is 0 Å². The Morgan fingerprint density at radius 1 is 0.955 bits per heavy atom. The van der Waals surface area contributed by atoms with Gasteiger partial charge in [-0.05, 0) is 26.8 Å². The maximum absolute atomic E-state index is 9.13. The highest BCUT2D eigenvalue weighted by molar-refractivity contribution is 5.49. The number of aliphatic hydroxyl groups is 1. The van der Waals surface area contributed by atoms with Gasteiger partial charge in [0.1, 0.15) is 14.2 Å². The summed E-state index contributed by atoms with van der Waals surface area (Å²) in [4.78, 5) is 10.6. The van der Waals surface area contributed by atoms with Crippen molar-refractivity contribution in [1.29, 1.82) is 0 Å². The summed E-state index contributed by atoms with van der Waals surface area (Å²) in [7, 11) is 3.33. The Balaban J connectivity index is 0.00000441. The van der Waals surface area contributed by atoms with Crippen molar-refractivity contribution in [2.24, 2.45) is 0 Å². The molecule has 0 aliphatic carbocycles. The van der Waals surface area contributed by atoms with Crippen LogP contribution in [-0.2, 0) is 20.5 Å². The Morgan fingerprint density at radius 3 is 1.64 bits per heavy atom. The summed E-state index contributed by atoms with van der Waals surface area (Å²) < 4.78 is 0. The van der Waals surface area contributed by atoms with E-state index in [4.69, 9.17) is 14.8 Å². The number of quaternary nitrogens is 1. The van der Waals surface area contributed by atoms with Crippen molar-refractivity contribution in [2.75, 3.05) is 21.0 Å². The van der Waals surface area contributed by atoms with Crippen molar-refractivity contribution in [3.63, 3.8) is 0 Å². The van der Waals surface area contributed by atoms with E-state index in [0.717, 1.165) is 5.69 Å². The van der Waals surface area contributed by atoms with Gasteiger partial charge in [0, 0.05) is 12.1 Å². The summed E-state index contributed by atoms with van der Waals surface area (Å²) in [5.41, 5.74) is 3.34. The Bertz CT molecular complexity index is 459. The number of hydrogen-bond donors (Lipinski definition) is 1. The van der Waals surface area contributed by atoms with E-state index in [9.17, 15) is 0 Å². The standard InChI is InChI=1S/C17H30NO3.ClH/c1-16(2,3)13-9-14(17(4,5)6)11-15(10-13)18(7,20-8)21-12-19;/h9-11,19H,12H2,1-8H3;1H/q+1;/p-1. The monoisotopic (exact) mass is 331 g/mol. The highest BCUT2D eigenvalue weighted by Crippen LogP contribution is 2.35. The predicted octanol–water partition coefficient (Wildman–Crippen LogP) is 0.666. The highest BCUT2D eigenvalue weighted by atomic mass is 35.5. The third-order valence-electron chi connectivity index (χ3n) is 3.77. The summed E-state index contributed by atoms with van der Waals surface area (Å²) in [5.74, 6) is 0. The van der Waals surface area contributed by atoms with Gasteiger partial charge < -0.3 is 17.5 Å². The van der Waals surface area contributed by atoms with Crippen LogP contribution in [0.4, 0.5) is 5.69 Å². The first-order valence-corrected chi connectivity index (χ1v) is 7.28. The molecule has 1 aromatic carbocycles. The molecule has 0 saturated carbocycles. The maximum Gasteiger partial charge on any atom is 0.207 e. The molecule has 0 fully saturated rings. The van der Waals surface area contributed by atoms with Crippen LogP contribution in [0.25, 0.3) is 0 Å². The first-order chi connectivity index (χ1) is 9.44. The summed E-state index contributed by atoms with van der Waals surface area (Å²) in [6.07, 6.45) is 0. The van der Waals surface area contributed by atoms with E-state index in [2.05, 4.69) is 59.7 Å². The summed E-state index contributed by atoms with van der Waals surface area (Å²) in [5, 5.41) is 9.13. The second kappa shape index (κ2) is 7.28. The molecular formula is C17H30ClNO3. The normalized spacial score (nSPS) is 15.1. The Hall–Kier alpha value is -0.650. The van der Waals surface area contributed by atoms with E-state index in [1.54, 1.807) is 14.2 Å². The average Bonchev–Trinajstić information content (AvgIpc) is 2.36. The van der Waals surface area contributed by atoms with Gasteiger partial charge in [0.2, 0.25) is 6.79 Å². The van der Waals surface area contributed by atoms with Crippen LogP contribution in [0, 0.1) is 0 Å². The average molecular weight is 332 g/mol. The molecule has 0 heterocycles. The number of benzene rings is 1. The number of aliphatic hydroxyl groups excluding tert-OH is 1. The van der Waals surface area contributed by atoms with Gasteiger partial charge in [0.15, 0.2) is 5.69 Å². The second-order valence-corrected chi connectivity index (χ2v) is 7.56. The van der Waals surface area contributed by atoms with Crippen molar-refractivity contribution in [3.05, 3.63) is 29.3 Å². The first-order valence-electron chi connectivity index (χ1n) is 7.28. The van der Waals surface area contributed by atoms with Crippen LogP contribution in [0.1, 0.15) is 52.7 Å². The Morgan fingerprint density at radius 2 is 1.36 bits per heavy atom. The van der Waals surface area contributed by atoms with Crippen LogP contribution in [0.15, 0.2) is 18.2 Å². The van der Waals surface area contributed by atoms with Crippen molar-refractivity contribution in [1.82, 2.24) is 4.81 Å². The summed E-state index contributed by atoms with van der Waals surface area (Å²) in [6.45, 7) is 12.7. The minimum atomic E-state index is -0.408. The van der Waals surface area contributed by atoms with Gasteiger partial charge in [-0.3, -0.25) is 0 Å². The van der Waals surface area contributed by atoms with Gasteiger partial charge >= 0.3 is 0 Å². The molecule has 5 heteroatoms. The number of hydrogen-bond acceptors (Lipinski definition) is 3. The number of rotatable bonds is 4. The number of halogens is 1. The lowest BCUT2D eigenvalue weighted by Crippen LogP contribution is -3.00. The molecule has 1 atom stereocenters. The molecule has 0 radical (unpaired) electrons. The molecule has 1 aromatic rings.